The normalized spacial score (nSPS) is 22.2. The first-order chi connectivity index (χ1) is 7.74. The number of rotatable bonds is 3. The van der Waals surface area contributed by atoms with Gasteiger partial charge in [-0.15, -0.1) is 0 Å². The topological polar surface area (TPSA) is 29.3 Å². The molecule has 1 aromatic carbocycles. The van der Waals surface area contributed by atoms with Gasteiger partial charge in [0.2, 0.25) is 0 Å². The minimum atomic E-state index is 0.857. The van der Waals surface area contributed by atoms with Crippen LogP contribution in [0.4, 0.5) is 5.69 Å². The van der Waals surface area contributed by atoms with Crippen molar-refractivity contribution in [3.63, 3.8) is 0 Å². The molecule has 0 saturated carbocycles. The summed E-state index contributed by atoms with van der Waals surface area (Å²) < 4.78 is 0. The van der Waals surface area contributed by atoms with Crippen LogP contribution in [0, 0.1) is 5.92 Å². The lowest BCUT2D eigenvalue weighted by atomic mass is 10.00. The lowest BCUT2D eigenvalue weighted by molar-refractivity contribution is 0.186. The highest BCUT2D eigenvalue weighted by Gasteiger charge is 2.15. The predicted octanol–water partition coefficient (Wildman–Crippen LogP) is 2.54. The van der Waals surface area contributed by atoms with Crippen LogP contribution < -0.4 is 5.73 Å². The van der Waals surface area contributed by atoms with Crippen LogP contribution in [0.25, 0.3) is 0 Å². The minimum Gasteiger partial charge on any atom is -0.399 e. The molecule has 2 rings (SSSR count). The number of nitrogens with two attached hydrogens (primary N) is 1. The zero-order valence-electron chi connectivity index (χ0n) is 10.2. The van der Waals surface area contributed by atoms with Crippen LogP contribution in [0.5, 0.6) is 0 Å². The second-order valence-corrected chi connectivity index (χ2v) is 5.04. The van der Waals surface area contributed by atoms with Crippen molar-refractivity contribution in [1.82, 2.24) is 4.90 Å². The summed E-state index contributed by atoms with van der Waals surface area (Å²) in [4.78, 5) is 2.59. The SMILES string of the molecule is CC1CCCN(CCc2ccc(N)cc2)C1. The molecule has 1 saturated heterocycles. The minimum absolute atomic E-state index is 0.857. The second-order valence-electron chi connectivity index (χ2n) is 5.04. The van der Waals surface area contributed by atoms with Crippen LogP contribution in [-0.2, 0) is 6.42 Å². The first-order valence-electron chi connectivity index (χ1n) is 6.31. The number of nitrogens with zero attached hydrogens (tertiary/aromatic N) is 1. The van der Waals surface area contributed by atoms with E-state index in [2.05, 4.69) is 24.0 Å². The highest BCUT2D eigenvalue weighted by Crippen LogP contribution is 2.16. The maximum atomic E-state index is 5.67. The van der Waals surface area contributed by atoms with E-state index >= 15 is 0 Å². The zero-order valence-corrected chi connectivity index (χ0v) is 10.2. The number of hydrogen-bond acceptors (Lipinski definition) is 2. The summed E-state index contributed by atoms with van der Waals surface area (Å²) in [5.41, 5.74) is 7.93. The van der Waals surface area contributed by atoms with Gasteiger partial charge in [-0.25, -0.2) is 0 Å². The number of likely N-dealkylation sites (tertiary alicyclic amines) is 1. The molecule has 1 aliphatic rings. The summed E-state index contributed by atoms with van der Waals surface area (Å²) in [7, 11) is 0. The Kier molecular flexibility index (Phi) is 3.83. The predicted molar refractivity (Wildman–Crippen MR) is 69.4 cm³/mol. The largest absolute Gasteiger partial charge is 0.399 e. The molecule has 88 valence electrons. The molecular weight excluding hydrogens is 196 g/mol. The molecule has 0 aromatic heterocycles. The smallest absolute Gasteiger partial charge is 0.0314 e. The molecule has 2 heteroatoms. The Morgan fingerprint density at radius 2 is 2.06 bits per heavy atom. The average molecular weight is 218 g/mol. The molecule has 1 fully saturated rings. The van der Waals surface area contributed by atoms with Crippen molar-refractivity contribution in [2.75, 3.05) is 25.4 Å². The number of benzene rings is 1. The van der Waals surface area contributed by atoms with Crippen molar-refractivity contribution in [1.29, 1.82) is 0 Å². The fraction of sp³-hybridized carbons (Fsp3) is 0.571. The van der Waals surface area contributed by atoms with Gasteiger partial charge in [-0.2, -0.15) is 0 Å². The summed E-state index contributed by atoms with van der Waals surface area (Å²) in [6.07, 6.45) is 3.91. The van der Waals surface area contributed by atoms with Gasteiger partial charge in [-0.05, 0) is 49.4 Å². The molecule has 1 heterocycles. The highest BCUT2D eigenvalue weighted by molar-refractivity contribution is 5.39. The van der Waals surface area contributed by atoms with Crippen molar-refractivity contribution < 1.29 is 0 Å². The molecule has 0 aliphatic carbocycles. The van der Waals surface area contributed by atoms with E-state index in [-0.39, 0.29) is 0 Å². The van der Waals surface area contributed by atoms with Gasteiger partial charge in [0.1, 0.15) is 0 Å². The molecule has 0 bridgehead atoms. The Balaban J connectivity index is 1.80. The first-order valence-corrected chi connectivity index (χ1v) is 6.31. The van der Waals surface area contributed by atoms with E-state index in [0.717, 1.165) is 18.0 Å². The molecule has 1 unspecified atom stereocenters. The number of anilines is 1. The van der Waals surface area contributed by atoms with Gasteiger partial charge in [-0.1, -0.05) is 19.1 Å². The molecule has 0 radical (unpaired) electrons. The maximum absolute atomic E-state index is 5.67. The Labute approximate surface area is 98.4 Å². The number of nitrogen functional groups attached to an aromatic ring is 1. The number of piperidine rings is 1. The third-order valence-electron chi connectivity index (χ3n) is 3.44. The molecule has 1 aliphatic heterocycles. The molecule has 1 aromatic rings. The van der Waals surface area contributed by atoms with Gasteiger partial charge in [0.25, 0.3) is 0 Å². The molecule has 1 atom stereocenters. The molecule has 2 N–H and O–H groups in total. The van der Waals surface area contributed by atoms with E-state index in [4.69, 9.17) is 5.73 Å². The van der Waals surface area contributed by atoms with Gasteiger partial charge in [0.15, 0.2) is 0 Å². The maximum Gasteiger partial charge on any atom is 0.0314 e. The Morgan fingerprint density at radius 1 is 1.31 bits per heavy atom. The third kappa shape index (κ3) is 3.24. The summed E-state index contributed by atoms with van der Waals surface area (Å²) in [6, 6.07) is 8.27. The lowest BCUT2D eigenvalue weighted by Crippen LogP contribution is -2.35. The molecule has 0 spiro atoms. The van der Waals surface area contributed by atoms with Crippen LogP contribution in [0.15, 0.2) is 24.3 Å². The Morgan fingerprint density at radius 3 is 2.75 bits per heavy atom. The quantitative estimate of drug-likeness (QED) is 0.790. The van der Waals surface area contributed by atoms with E-state index in [0.29, 0.717) is 0 Å². The van der Waals surface area contributed by atoms with Gasteiger partial charge in [0.05, 0.1) is 0 Å². The van der Waals surface area contributed by atoms with E-state index in [9.17, 15) is 0 Å². The van der Waals surface area contributed by atoms with Crippen molar-refractivity contribution in [2.24, 2.45) is 5.92 Å². The average Bonchev–Trinajstić information content (AvgIpc) is 2.28. The van der Waals surface area contributed by atoms with Crippen molar-refractivity contribution >= 4 is 5.69 Å². The molecule has 2 nitrogen and oxygen atoms in total. The Bertz CT molecular complexity index is 318. The van der Waals surface area contributed by atoms with Crippen LogP contribution >= 0.6 is 0 Å². The van der Waals surface area contributed by atoms with Crippen LogP contribution in [0.1, 0.15) is 25.3 Å². The van der Waals surface area contributed by atoms with Crippen LogP contribution in [-0.4, -0.2) is 24.5 Å². The summed E-state index contributed by atoms with van der Waals surface area (Å²) in [5.74, 6) is 0.875. The van der Waals surface area contributed by atoms with Crippen LogP contribution in [0.2, 0.25) is 0 Å². The molecular formula is C14H22N2. The monoisotopic (exact) mass is 218 g/mol. The first kappa shape index (κ1) is 11.5. The third-order valence-corrected chi connectivity index (χ3v) is 3.44. The Hall–Kier alpha value is -1.02. The zero-order chi connectivity index (χ0) is 11.4. The van der Waals surface area contributed by atoms with Gasteiger partial charge in [-0.3, -0.25) is 0 Å². The fourth-order valence-corrected chi connectivity index (χ4v) is 2.46. The van der Waals surface area contributed by atoms with E-state index < -0.39 is 0 Å². The highest BCUT2D eigenvalue weighted by atomic mass is 15.1. The van der Waals surface area contributed by atoms with Crippen LogP contribution in [0.3, 0.4) is 0 Å². The van der Waals surface area contributed by atoms with Crippen molar-refractivity contribution in [3.8, 4) is 0 Å². The lowest BCUT2D eigenvalue weighted by Gasteiger charge is -2.30. The molecule has 16 heavy (non-hydrogen) atoms. The second kappa shape index (κ2) is 5.35. The van der Waals surface area contributed by atoms with E-state index in [1.807, 2.05) is 12.1 Å². The summed E-state index contributed by atoms with van der Waals surface area (Å²) in [5, 5.41) is 0. The van der Waals surface area contributed by atoms with Crippen molar-refractivity contribution in [3.05, 3.63) is 29.8 Å². The van der Waals surface area contributed by atoms with Crippen molar-refractivity contribution in [2.45, 2.75) is 26.2 Å². The summed E-state index contributed by atoms with van der Waals surface area (Å²) >= 11 is 0. The van der Waals surface area contributed by atoms with E-state index in [1.54, 1.807) is 0 Å². The van der Waals surface area contributed by atoms with Gasteiger partial charge in [0, 0.05) is 18.8 Å². The van der Waals surface area contributed by atoms with E-state index in [1.165, 1.54) is 38.0 Å². The number of hydrogen-bond donors (Lipinski definition) is 1. The summed E-state index contributed by atoms with van der Waals surface area (Å²) in [6.45, 7) is 6.10. The van der Waals surface area contributed by atoms with Gasteiger partial charge >= 0.3 is 0 Å². The fourth-order valence-electron chi connectivity index (χ4n) is 2.46. The standard InChI is InChI=1S/C14H22N2/c1-12-3-2-9-16(11-12)10-8-13-4-6-14(15)7-5-13/h4-7,12H,2-3,8-11,15H2,1H3. The van der Waals surface area contributed by atoms with Gasteiger partial charge < -0.3 is 10.6 Å². The molecule has 0 amide bonds.